The van der Waals surface area contributed by atoms with Crippen molar-refractivity contribution in [1.82, 2.24) is 10.2 Å². The van der Waals surface area contributed by atoms with Gasteiger partial charge in [0.25, 0.3) is 5.69 Å². The summed E-state index contributed by atoms with van der Waals surface area (Å²) >= 11 is 0. The number of urea groups is 1. The molecule has 0 spiro atoms. The minimum atomic E-state index is -0.476. The lowest BCUT2D eigenvalue weighted by atomic mass is 10.1. The maximum absolute atomic E-state index is 13.4. The molecule has 0 bridgehead atoms. The summed E-state index contributed by atoms with van der Waals surface area (Å²) in [5, 5.41) is 13.5. The van der Waals surface area contributed by atoms with Gasteiger partial charge >= 0.3 is 6.03 Å². The summed E-state index contributed by atoms with van der Waals surface area (Å²) in [5.41, 5.74) is 0.626. The van der Waals surface area contributed by atoms with Crippen LogP contribution in [0.1, 0.15) is 18.5 Å². The molecule has 0 fully saturated rings. The van der Waals surface area contributed by atoms with E-state index in [4.69, 9.17) is 4.74 Å². The number of ether oxygens (including phenoxy) is 1. The summed E-state index contributed by atoms with van der Waals surface area (Å²) < 4.78 is 18.7. The first-order chi connectivity index (χ1) is 12.4. The fraction of sp³-hybridized carbons (Fsp3) is 0.278. The van der Waals surface area contributed by atoms with E-state index in [-0.39, 0.29) is 36.7 Å². The number of benzene rings is 2. The summed E-state index contributed by atoms with van der Waals surface area (Å²) in [7, 11) is 1.59. The first-order valence-corrected chi connectivity index (χ1v) is 8.02. The van der Waals surface area contributed by atoms with E-state index in [1.54, 1.807) is 38.2 Å². The smallest absolute Gasteiger partial charge is 0.317 e. The van der Waals surface area contributed by atoms with Crippen molar-refractivity contribution in [3.8, 4) is 5.75 Å². The lowest BCUT2D eigenvalue weighted by molar-refractivity contribution is -0.384. The SMILES string of the molecule is C[C@@H](c1cccc([N+](=O)[O-])c1)N(C)C(=O)NCCOc1ccccc1F. The molecule has 138 valence electrons. The van der Waals surface area contributed by atoms with Crippen molar-refractivity contribution in [2.24, 2.45) is 0 Å². The van der Waals surface area contributed by atoms with Crippen LogP contribution in [0.2, 0.25) is 0 Å². The second-order valence-electron chi connectivity index (χ2n) is 5.65. The standard InChI is InChI=1S/C18H20FN3O4/c1-13(14-6-5-7-15(12-14)22(24)25)21(2)18(23)20-10-11-26-17-9-4-3-8-16(17)19/h3-9,12-13H,10-11H2,1-2H3,(H,20,23)/t13-/m0/s1. The number of carbonyl (C=O) groups is 1. The zero-order chi connectivity index (χ0) is 19.1. The van der Waals surface area contributed by atoms with Crippen molar-refractivity contribution in [1.29, 1.82) is 0 Å². The second-order valence-corrected chi connectivity index (χ2v) is 5.65. The molecule has 26 heavy (non-hydrogen) atoms. The molecule has 7 nitrogen and oxygen atoms in total. The number of rotatable bonds is 7. The van der Waals surface area contributed by atoms with Crippen LogP contribution in [0.25, 0.3) is 0 Å². The second kappa shape index (κ2) is 8.80. The molecule has 0 saturated carbocycles. The van der Waals surface area contributed by atoms with E-state index in [0.717, 1.165) is 0 Å². The molecule has 0 saturated heterocycles. The molecule has 2 rings (SSSR count). The van der Waals surface area contributed by atoms with E-state index < -0.39 is 10.7 Å². The molecular formula is C18H20FN3O4. The van der Waals surface area contributed by atoms with Gasteiger partial charge in [-0.05, 0) is 24.6 Å². The van der Waals surface area contributed by atoms with Crippen LogP contribution in [0, 0.1) is 15.9 Å². The number of nitro groups is 1. The van der Waals surface area contributed by atoms with Crippen LogP contribution in [0.4, 0.5) is 14.9 Å². The van der Waals surface area contributed by atoms with Gasteiger partial charge in [0.15, 0.2) is 11.6 Å². The lowest BCUT2D eigenvalue weighted by Crippen LogP contribution is -2.40. The number of carbonyl (C=O) groups excluding carboxylic acids is 1. The molecule has 0 aliphatic rings. The summed E-state index contributed by atoms with van der Waals surface area (Å²) in [6.07, 6.45) is 0. The van der Waals surface area contributed by atoms with E-state index >= 15 is 0 Å². The highest BCUT2D eigenvalue weighted by molar-refractivity contribution is 5.74. The summed E-state index contributed by atoms with van der Waals surface area (Å²) in [4.78, 5) is 24.0. The minimum absolute atomic E-state index is 0.0264. The zero-order valence-electron chi connectivity index (χ0n) is 14.5. The number of nitrogens with zero attached hydrogens (tertiary/aromatic N) is 2. The minimum Gasteiger partial charge on any atom is -0.489 e. The Morgan fingerprint density at radius 2 is 2.04 bits per heavy atom. The Morgan fingerprint density at radius 3 is 2.73 bits per heavy atom. The molecule has 2 aromatic rings. The quantitative estimate of drug-likeness (QED) is 0.465. The molecule has 2 aromatic carbocycles. The molecule has 1 atom stereocenters. The summed E-state index contributed by atoms with van der Waals surface area (Å²) in [5.74, 6) is -0.338. The van der Waals surface area contributed by atoms with Gasteiger partial charge < -0.3 is 15.0 Å². The van der Waals surface area contributed by atoms with Crippen LogP contribution in [-0.2, 0) is 0 Å². The number of hydrogen-bond acceptors (Lipinski definition) is 4. The van der Waals surface area contributed by atoms with Crippen molar-refractivity contribution in [3.63, 3.8) is 0 Å². The first kappa shape index (κ1) is 19.2. The fourth-order valence-corrected chi connectivity index (χ4v) is 2.30. The Kier molecular flexibility index (Phi) is 6.48. The van der Waals surface area contributed by atoms with Gasteiger partial charge in [-0.15, -0.1) is 0 Å². The van der Waals surface area contributed by atoms with Crippen molar-refractivity contribution >= 4 is 11.7 Å². The number of nitro benzene ring substituents is 1. The van der Waals surface area contributed by atoms with Gasteiger partial charge in [-0.3, -0.25) is 10.1 Å². The molecule has 1 N–H and O–H groups in total. The topological polar surface area (TPSA) is 84.7 Å². The van der Waals surface area contributed by atoms with Gasteiger partial charge in [-0.25, -0.2) is 9.18 Å². The number of halogens is 1. The van der Waals surface area contributed by atoms with E-state index in [1.165, 1.54) is 29.2 Å². The Balaban J connectivity index is 1.85. The van der Waals surface area contributed by atoms with Crippen LogP contribution in [0.15, 0.2) is 48.5 Å². The van der Waals surface area contributed by atoms with Crippen molar-refractivity contribution in [2.75, 3.05) is 20.2 Å². The number of nitrogens with one attached hydrogen (secondary N) is 1. The van der Waals surface area contributed by atoms with E-state index in [1.807, 2.05) is 0 Å². The number of non-ortho nitro benzene ring substituents is 1. The zero-order valence-corrected chi connectivity index (χ0v) is 14.5. The Bertz CT molecular complexity index is 785. The normalized spacial score (nSPS) is 11.5. The highest BCUT2D eigenvalue weighted by Gasteiger charge is 2.19. The van der Waals surface area contributed by atoms with Crippen LogP contribution in [0.3, 0.4) is 0 Å². The maximum Gasteiger partial charge on any atom is 0.317 e. The molecular weight excluding hydrogens is 341 g/mol. The van der Waals surface area contributed by atoms with Crippen LogP contribution >= 0.6 is 0 Å². The first-order valence-electron chi connectivity index (χ1n) is 8.02. The molecule has 2 amide bonds. The lowest BCUT2D eigenvalue weighted by Gasteiger charge is -2.25. The predicted octanol–water partition coefficient (Wildman–Crippen LogP) is 3.52. The number of amides is 2. The van der Waals surface area contributed by atoms with Crippen molar-refractivity contribution < 1.29 is 18.8 Å². The largest absolute Gasteiger partial charge is 0.489 e. The third-order valence-electron chi connectivity index (χ3n) is 3.94. The van der Waals surface area contributed by atoms with E-state index in [9.17, 15) is 19.3 Å². The van der Waals surface area contributed by atoms with E-state index in [0.29, 0.717) is 5.56 Å². The van der Waals surface area contributed by atoms with Gasteiger partial charge in [0, 0.05) is 19.2 Å². The maximum atomic E-state index is 13.4. The monoisotopic (exact) mass is 361 g/mol. The average Bonchev–Trinajstić information content (AvgIpc) is 2.65. The highest BCUT2D eigenvalue weighted by atomic mass is 19.1. The van der Waals surface area contributed by atoms with Gasteiger partial charge in [0.05, 0.1) is 17.5 Å². The van der Waals surface area contributed by atoms with Crippen molar-refractivity contribution in [2.45, 2.75) is 13.0 Å². The van der Waals surface area contributed by atoms with Crippen LogP contribution < -0.4 is 10.1 Å². The van der Waals surface area contributed by atoms with E-state index in [2.05, 4.69) is 5.32 Å². The Labute approximate surface area is 150 Å². The fourth-order valence-electron chi connectivity index (χ4n) is 2.30. The van der Waals surface area contributed by atoms with Gasteiger partial charge in [0.1, 0.15) is 6.61 Å². The predicted molar refractivity (Wildman–Crippen MR) is 94.6 cm³/mol. The van der Waals surface area contributed by atoms with Crippen LogP contribution in [0.5, 0.6) is 5.75 Å². The van der Waals surface area contributed by atoms with Gasteiger partial charge in [-0.2, -0.15) is 0 Å². The summed E-state index contributed by atoms with van der Waals surface area (Å²) in [6.45, 7) is 2.08. The molecule has 0 aliphatic heterocycles. The van der Waals surface area contributed by atoms with Gasteiger partial charge in [0.2, 0.25) is 0 Å². The molecule has 0 aromatic heterocycles. The van der Waals surface area contributed by atoms with Gasteiger partial charge in [-0.1, -0.05) is 24.3 Å². The number of para-hydroxylation sites is 1. The Morgan fingerprint density at radius 1 is 1.31 bits per heavy atom. The molecule has 0 heterocycles. The molecule has 8 heteroatoms. The van der Waals surface area contributed by atoms with Crippen LogP contribution in [-0.4, -0.2) is 36.1 Å². The molecule has 0 unspecified atom stereocenters. The molecule has 0 aliphatic carbocycles. The molecule has 0 radical (unpaired) electrons. The average molecular weight is 361 g/mol. The number of hydrogen-bond donors (Lipinski definition) is 1. The van der Waals surface area contributed by atoms with Crippen molar-refractivity contribution in [3.05, 3.63) is 70.0 Å². The highest BCUT2D eigenvalue weighted by Crippen LogP contribution is 2.23. The summed E-state index contributed by atoms with van der Waals surface area (Å²) in [6, 6.07) is 11.5. The third-order valence-corrected chi connectivity index (χ3v) is 3.94. The Hall–Kier alpha value is -3.16. The third kappa shape index (κ3) is 4.92.